The Kier molecular flexibility index (Phi) is 5.67. The van der Waals surface area contributed by atoms with Crippen LogP contribution in [0.4, 0.5) is 4.39 Å². The first kappa shape index (κ1) is 17.4. The number of nitrogens with zero attached hydrogens (tertiary/aromatic N) is 1. The maximum Gasteiger partial charge on any atom is 0.147 e. The van der Waals surface area contributed by atoms with Gasteiger partial charge in [0.25, 0.3) is 0 Å². The molecule has 0 N–H and O–H groups in total. The molecule has 0 amide bonds. The van der Waals surface area contributed by atoms with Crippen LogP contribution in [0, 0.1) is 5.82 Å². The summed E-state index contributed by atoms with van der Waals surface area (Å²) in [4.78, 5) is 15.1. The first-order valence-electron chi connectivity index (χ1n) is 8.00. The van der Waals surface area contributed by atoms with Gasteiger partial charge in [0.15, 0.2) is 0 Å². The molecule has 2 nitrogen and oxygen atoms in total. The highest BCUT2D eigenvalue weighted by atomic mass is 19.1. The molecule has 2 aromatic carbocycles. The van der Waals surface area contributed by atoms with Crippen molar-refractivity contribution in [2.24, 2.45) is 0 Å². The lowest BCUT2D eigenvalue weighted by atomic mass is 9.68. The highest BCUT2D eigenvalue weighted by Crippen LogP contribution is 2.38. The lowest BCUT2D eigenvalue weighted by Gasteiger charge is -2.34. The molecule has 0 radical (unpaired) electrons. The van der Waals surface area contributed by atoms with E-state index in [0.29, 0.717) is 12.8 Å². The van der Waals surface area contributed by atoms with E-state index in [1.54, 1.807) is 12.1 Å². The van der Waals surface area contributed by atoms with Crippen molar-refractivity contribution in [2.75, 3.05) is 20.6 Å². The van der Waals surface area contributed by atoms with E-state index >= 15 is 0 Å². The molecule has 0 saturated heterocycles. The Morgan fingerprint density at radius 3 is 2.09 bits per heavy atom. The van der Waals surface area contributed by atoms with Crippen molar-refractivity contribution in [3.63, 3.8) is 0 Å². The molecule has 0 fully saturated rings. The molecule has 0 heterocycles. The van der Waals surface area contributed by atoms with Crippen LogP contribution in [-0.4, -0.2) is 31.3 Å². The summed E-state index contributed by atoms with van der Waals surface area (Å²) in [5.74, 6) is -0.121. The van der Waals surface area contributed by atoms with Gasteiger partial charge in [0, 0.05) is 6.42 Å². The first-order valence-corrected chi connectivity index (χ1v) is 8.00. The molecule has 0 aliphatic heterocycles. The second-order valence-electron chi connectivity index (χ2n) is 6.11. The topological polar surface area (TPSA) is 20.3 Å². The second kappa shape index (κ2) is 7.51. The molecule has 0 aromatic heterocycles. The van der Waals surface area contributed by atoms with Crippen LogP contribution in [0.5, 0.6) is 0 Å². The van der Waals surface area contributed by atoms with Gasteiger partial charge >= 0.3 is 0 Å². The molecule has 1 unspecified atom stereocenters. The van der Waals surface area contributed by atoms with E-state index in [-0.39, 0.29) is 11.6 Å². The lowest BCUT2D eigenvalue weighted by molar-refractivity contribution is -0.123. The number of hydrogen-bond acceptors (Lipinski definition) is 2. The first-order chi connectivity index (χ1) is 11.0. The van der Waals surface area contributed by atoms with E-state index in [4.69, 9.17) is 0 Å². The van der Waals surface area contributed by atoms with Crippen LogP contribution in [0.15, 0.2) is 54.6 Å². The van der Waals surface area contributed by atoms with E-state index in [9.17, 15) is 9.18 Å². The normalized spacial score (nSPS) is 13.8. The molecular weight excluding hydrogens is 289 g/mol. The summed E-state index contributed by atoms with van der Waals surface area (Å²) < 4.78 is 13.4. The number of carbonyl (C=O) groups excluding carboxylic acids is 1. The molecule has 0 spiro atoms. The second-order valence-corrected chi connectivity index (χ2v) is 6.11. The zero-order valence-corrected chi connectivity index (χ0v) is 14.1. The lowest BCUT2D eigenvalue weighted by Crippen LogP contribution is -2.39. The van der Waals surface area contributed by atoms with Crippen molar-refractivity contribution in [1.82, 2.24) is 4.90 Å². The number of ketones is 1. The number of hydrogen-bond donors (Lipinski definition) is 0. The quantitative estimate of drug-likeness (QED) is 0.769. The zero-order chi connectivity index (χ0) is 16.9. The molecule has 122 valence electrons. The van der Waals surface area contributed by atoms with Crippen LogP contribution in [0.2, 0.25) is 0 Å². The minimum atomic E-state index is -0.728. The molecule has 23 heavy (non-hydrogen) atoms. The van der Waals surface area contributed by atoms with Crippen molar-refractivity contribution in [3.05, 3.63) is 71.5 Å². The van der Waals surface area contributed by atoms with E-state index in [0.717, 1.165) is 17.7 Å². The molecule has 2 aromatic rings. The van der Waals surface area contributed by atoms with Crippen molar-refractivity contribution in [1.29, 1.82) is 0 Å². The highest BCUT2D eigenvalue weighted by molar-refractivity contribution is 5.93. The number of benzene rings is 2. The molecule has 0 aliphatic rings. The van der Waals surface area contributed by atoms with E-state index in [2.05, 4.69) is 4.90 Å². The summed E-state index contributed by atoms with van der Waals surface area (Å²) in [6.45, 7) is 2.66. The highest BCUT2D eigenvalue weighted by Gasteiger charge is 2.40. The predicted octanol–water partition coefficient (Wildman–Crippen LogP) is 4.04. The van der Waals surface area contributed by atoms with Crippen LogP contribution < -0.4 is 0 Å². The molecule has 0 saturated carbocycles. The Labute approximate surface area is 137 Å². The monoisotopic (exact) mass is 313 g/mol. The van der Waals surface area contributed by atoms with Crippen LogP contribution in [0.3, 0.4) is 0 Å². The maximum atomic E-state index is 13.4. The smallest absolute Gasteiger partial charge is 0.147 e. The standard InChI is InChI=1S/C20H24FNO/c1-4-19(23)20(14-15-22(2)3,16-8-6-5-7-9-16)17-10-12-18(21)13-11-17/h5-13H,4,14-15H2,1-3H3. The number of carbonyl (C=O) groups is 1. The van der Waals surface area contributed by atoms with Gasteiger partial charge in [-0.25, -0.2) is 4.39 Å². The SMILES string of the molecule is CCC(=O)C(CCN(C)C)(c1ccccc1)c1ccc(F)cc1. The summed E-state index contributed by atoms with van der Waals surface area (Å²) in [5, 5.41) is 0. The molecule has 2 rings (SSSR count). The molecule has 0 bridgehead atoms. The number of rotatable bonds is 7. The summed E-state index contributed by atoms with van der Waals surface area (Å²) in [5.41, 5.74) is 1.10. The average Bonchev–Trinajstić information content (AvgIpc) is 2.57. The van der Waals surface area contributed by atoms with Crippen molar-refractivity contribution in [2.45, 2.75) is 25.2 Å². The predicted molar refractivity (Wildman–Crippen MR) is 92.1 cm³/mol. The van der Waals surface area contributed by atoms with Gasteiger partial charge in [0.2, 0.25) is 0 Å². The van der Waals surface area contributed by atoms with Crippen LogP contribution >= 0.6 is 0 Å². The van der Waals surface area contributed by atoms with Crippen molar-refractivity contribution in [3.8, 4) is 0 Å². The summed E-state index contributed by atoms with van der Waals surface area (Å²) in [6, 6.07) is 16.2. The largest absolute Gasteiger partial charge is 0.309 e. The van der Waals surface area contributed by atoms with Gasteiger partial charge in [-0.2, -0.15) is 0 Å². The van der Waals surface area contributed by atoms with E-state index in [1.165, 1.54) is 12.1 Å². The van der Waals surface area contributed by atoms with Crippen molar-refractivity contribution < 1.29 is 9.18 Å². The zero-order valence-electron chi connectivity index (χ0n) is 14.1. The molecule has 1 atom stereocenters. The Hall–Kier alpha value is -2.00. The Morgan fingerprint density at radius 2 is 1.57 bits per heavy atom. The summed E-state index contributed by atoms with van der Waals surface area (Å²) in [6.07, 6.45) is 1.11. The summed E-state index contributed by atoms with van der Waals surface area (Å²) >= 11 is 0. The Bertz CT molecular complexity index is 636. The van der Waals surface area contributed by atoms with Crippen LogP contribution in [-0.2, 0) is 10.2 Å². The Morgan fingerprint density at radius 1 is 1.00 bits per heavy atom. The minimum Gasteiger partial charge on any atom is -0.309 e. The van der Waals surface area contributed by atoms with Crippen LogP contribution in [0.1, 0.15) is 30.9 Å². The minimum absolute atomic E-state index is 0.164. The third kappa shape index (κ3) is 3.67. The summed E-state index contributed by atoms with van der Waals surface area (Å²) in [7, 11) is 3.99. The van der Waals surface area contributed by atoms with Gasteiger partial charge < -0.3 is 4.90 Å². The number of halogens is 1. The fraction of sp³-hybridized carbons (Fsp3) is 0.350. The fourth-order valence-electron chi connectivity index (χ4n) is 3.07. The fourth-order valence-corrected chi connectivity index (χ4v) is 3.07. The van der Waals surface area contributed by atoms with Gasteiger partial charge in [0.1, 0.15) is 11.6 Å². The van der Waals surface area contributed by atoms with Gasteiger partial charge in [-0.05, 0) is 50.3 Å². The Balaban J connectivity index is 2.63. The third-order valence-corrected chi connectivity index (χ3v) is 4.33. The van der Waals surface area contributed by atoms with Gasteiger partial charge in [0.05, 0.1) is 5.41 Å². The molecule has 3 heteroatoms. The molecular formula is C20H24FNO. The van der Waals surface area contributed by atoms with Gasteiger partial charge in [-0.15, -0.1) is 0 Å². The third-order valence-electron chi connectivity index (χ3n) is 4.33. The number of Topliss-reactive ketones (excluding diaryl/α,β-unsaturated/α-hetero) is 1. The van der Waals surface area contributed by atoms with E-state index < -0.39 is 5.41 Å². The molecule has 0 aliphatic carbocycles. The maximum absolute atomic E-state index is 13.4. The van der Waals surface area contributed by atoms with E-state index in [1.807, 2.05) is 51.4 Å². The van der Waals surface area contributed by atoms with Gasteiger partial charge in [-0.3, -0.25) is 4.79 Å². The van der Waals surface area contributed by atoms with Crippen molar-refractivity contribution >= 4 is 5.78 Å². The average molecular weight is 313 g/mol. The van der Waals surface area contributed by atoms with Crippen LogP contribution in [0.25, 0.3) is 0 Å². The van der Waals surface area contributed by atoms with Gasteiger partial charge in [-0.1, -0.05) is 49.4 Å².